The van der Waals surface area contributed by atoms with E-state index in [1.54, 1.807) is 0 Å². The third-order valence-corrected chi connectivity index (χ3v) is 10.6. The molecule has 1 aliphatic carbocycles. The van der Waals surface area contributed by atoms with Gasteiger partial charge < -0.3 is 9.88 Å². The first-order chi connectivity index (χ1) is 22.6. The van der Waals surface area contributed by atoms with Gasteiger partial charge in [0.15, 0.2) is 6.29 Å². The van der Waals surface area contributed by atoms with Gasteiger partial charge in [0.25, 0.3) is 0 Å². The molecular formula is C43H33N3. The fourth-order valence-corrected chi connectivity index (χ4v) is 8.63. The highest BCUT2D eigenvalue weighted by atomic mass is 15.3. The van der Waals surface area contributed by atoms with E-state index in [0.29, 0.717) is 0 Å². The molecular weight excluding hydrogens is 558 g/mol. The molecule has 0 fully saturated rings. The molecule has 0 saturated heterocycles. The van der Waals surface area contributed by atoms with E-state index in [9.17, 15) is 0 Å². The molecule has 0 amide bonds. The molecule has 0 spiro atoms. The number of aromatic nitrogens is 1. The zero-order valence-electron chi connectivity index (χ0n) is 25.9. The van der Waals surface area contributed by atoms with Crippen LogP contribution in [-0.4, -0.2) is 4.57 Å². The van der Waals surface area contributed by atoms with E-state index in [1.165, 1.54) is 76.7 Å². The maximum absolute atomic E-state index is 4.02. The van der Waals surface area contributed by atoms with Gasteiger partial charge in [0.1, 0.15) is 0 Å². The predicted octanol–water partition coefficient (Wildman–Crippen LogP) is 10.7. The van der Waals surface area contributed by atoms with Crippen LogP contribution in [0.3, 0.4) is 0 Å². The Bertz CT molecular complexity index is 2520. The van der Waals surface area contributed by atoms with Crippen LogP contribution in [0.5, 0.6) is 0 Å². The second kappa shape index (κ2) is 9.32. The van der Waals surface area contributed by atoms with Crippen LogP contribution in [0.1, 0.15) is 48.4 Å². The Morgan fingerprint density at radius 1 is 0.565 bits per heavy atom. The summed E-state index contributed by atoms with van der Waals surface area (Å²) in [5, 5.41) is 15.8. The first kappa shape index (κ1) is 25.9. The molecule has 0 bridgehead atoms. The van der Waals surface area contributed by atoms with Gasteiger partial charge in [-0.25, -0.2) is 0 Å². The van der Waals surface area contributed by atoms with Gasteiger partial charge in [-0.05, 0) is 79.2 Å². The normalized spacial score (nSPS) is 18.0. The maximum atomic E-state index is 4.02. The number of anilines is 1. The molecule has 46 heavy (non-hydrogen) atoms. The first-order valence-electron chi connectivity index (χ1n) is 16.3. The lowest BCUT2D eigenvalue weighted by atomic mass is 9.79. The summed E-state index contributed by atoms with van der Waals surface area (Å²) in [4.78, 5) is 0. The molecule has 3 nitrogen and oxygen atoms in total. The number of benzene rings is 7. The molecule has 2 N–H and O–H groups in total. The van der Waals surface area contributed by atoms with Gasteiger partial charge in [0.2, 0.25) is 0 Å². The largest absolute Gasteiger partial charge is 0.352 e. The molecule has 8 aromatic rings. The number of para-hydroxylation sites is 2. The van der Waals surface area contributed by atoms with Crippen LogP contribution in [0.15, 0.2) is 140 Å². The lowest BCUT2D eigenvalue weighted by Crippen LogP contribution is -2.40. The summed E-state index contributed by atoms with van der Waals surface area (Å²) in [6.07, 6.45) is -0.150. The SMILES string of the molecule is CC1(C)c2cc3c4ccccc4n(C4Nc5ccccc5C(c5ccccc5)N4)c3cc2-c2c1c1ccccc1c1ccccc21. The van der Waals surface area contributed by atoms with E-state index in [1.807, 2.05) is 0 Å². The van der Waals surface area contributed by atoms with Crippen molar-refractivity contribution in [2.45, 2.75) is 31.6 Å². The van der Waals surface area contributed by atoms with Crippen LogP contribution in [-0.2, 0) is 5.41 Å². The Hall–Kier alpha value is -5.38. The summed E-state index contributed by atoms with van der Waals surface area (Å²) in [5.41, 5.74) is 11.6. The topological polar surface area (TPSA) is 29.0 Å². The van der Waals surface area contributed by atoms with E-state index >= 15 is 0 Å². The van der Waals surface area contributed by atoms with Gasteiger partial charge in [0.05, 0.1) is 17.1 Å². The monoisotopic (exact) mass is 591 g/mol. The molecule has 2 atom stereocenters. The van der Waals surface area contributed by atoms with Crippen molar-refractivity contribution in [1.29, 1.82) is 0 Å². The third kappa shape index (κ3) is 3.41. The Kier molecular flexibility index (Phi) is 5.25. The fourth-order valence-electron chi connectivity index (χ4n) is 8.63. The molecule has 1 aromatic heterocycles. The Labute approximate surface area is 268 Å². The molecule has 2 aliphatic rings. The maximum Gasteiger partial charge on any atom is 0.160 e. The van der Waals surface area contributed by atoms with Crippen LogP contribution in [0.4, 0.5) is 5.69 Å². The third-order valence-electron chi connectivity index (χ3n) is 10.6. The minimum atomic E-state index is -0.150. The molecule has 2 heterocycles. The minimum absolute atomic E-state index is 0.0595. The van der Waals surface area contributed by atoms with Crippen LogP contribution in [0.25, 0.3) is 54.5 Å². The number of rotatable bonds is 2. The average molecular weight is 592 g/mol. The predicted molar refractivity (Wildman–Crippen MR) is 193 cm³/mol. The van der Waals surface area contributed by atoms with Crippen molar-refractivity contribution in [2.24, 2.45) is 0 Å². The fraction of sp³-hybridized carbons (Fsp3) is 0.116. The van der Waals surface area contributed by atoms with Crippen LogP contribution in [0, 0.1) is 0 Å². The first-order valence-corrected chi connectivity index (χ1v) is 16.3. The molecule has 3 heteroatoms. The number of hydrogen-bond acceptors (Lipinski definition) is 2. The molecule has 0 radical (unpaired) electrons. The summed E-state index contributed by atoms with van der Waals surface area (Å²) in [7, 11) is 0. The highest BCUT2D eigenvalue weighted by Crippen LogP contribution is 2.56. The lowest BCUT2D eigenvalue weighted by molar-refractivity contribution is 0.417. The van der Waals surface area contributed by atoms with E-state index in [-0.39, 0.29) is 17.7 Å². The van der Waals surface area contributed by atoms with Gasteiger partial charge >= 0.3 is 0 Å². The van der Waals surface area contributed by atoms with E-state index in [4.69, 9.17) is 0 Å². The smallest absolute Gasteiger partial charge is 0.160 e. The number of fused-ring (bicyclic) bond motifs is 12. The quantitative estimate of drug-likeness (QED) is 0.196. The highest BCUT2D eigenvalue weighted by Gasteiger charge is 2.39. The van der Waals surface area contributed by atoms with Crippen molar-refractivity contribution in [3.63, 3.8) is 0 Å². The van der Waals surface area contributed by atoms with Crippen molar-refractivity contribution in [2.75, 3.05) is 5.32 Å². The van der Waals surface area contributed by atoms with Crippen LogP contribution in [0.2, 0.25) is 0 Å². The molecule has 2 unspecified atom stereocenters. The van der Waals surface area contributed by atoms with E-state index < -0.39 is 0 Å². The van der Waals surface area contributed by atoms with E-state index in [2.05, 4.69) is 169 Å². The highest BCUT2D eigenvalue weighted by molar-refractivity contribution is 6.20. The van der Waals surface area contributed by atoms with Gasteiger partial charge in [-0.3, -0.25) is 5.32 Å². The van der Waals surface area contributed by atoms with Crippen molar-refractivity contribution in [3.8, 4) is 11.1 Å². The van der Waals surface area contributed by atoms with Crippen molar-refractivity contribution in [1.82, 2.24) is 9.88 Å². The van der Waals surface area contributed by atoms with Gasteiger partial charge in [-0.15, -0.1) is 0 Å². The summed E-state index contributed by atoms with van der Waals surface area (Å²) < 4.78 is 2.49. The lowest BCUT2D eigenvalue weighted by Gasteiger charge is -2.36. The summed E-state index contributed by atoms with van der Waals surface area (Å²) in [6.45, 7) is 4.82. The number of nitrogens with one attached hydrogen (secondary N) is 2. The van der Waals surface area contributed by atoms with Gasteiger partial charge in [-0.1, -0.05) is 129 Å². The average Bonchev–Trinajstić information content (AvgIpc) is 3.55. The molecule has 220 valence electrons. The number of hydrogen-bond donors (Lipinski definition) is 2. The summed E-state index contributed by atoms with van der Waals surface area (Å²) in [5.74, 6) is 0. The Morgan fingerprint density at radius 3 is 2.00 bits per heavy atom. The zero-order valence-corrected chi connectivity index (χ0v) is 25.9. The standard InChI is InChI=1S/C43H33N3/c1-43(2)35-24-33-29-18-11-13-23-37(29)46(42-44-36-22-12-10-21-32(36)41(45-42)26-14-4-3-5-15-26)38(33)25-34(35)39-30-19-8-6-16-27(30)28-17-7-9-20-31(28)40(39)43/h3-25,41-42,44-45H,1-2H3. The molecule has 7 aromatic carbocycles. The van der Waals surface area contributed by atoms with Crippen molar-refractivity contribution < 1.29 is 0 Å². The summed E-state index contributed by atoms with van der Waals surface area (Å²) in [6, 6.07) is 51.4. The van der Waals surface area contributed by atoms with Gasteiger partial charge in [-0.2, -0.15) is 0 Å². The molecule has 10 rings (SSSR count). The van der Waals surface area contributed by atoms with E-state index in [0.717, 1.165) is 5.69 Å². The second-order valence-corrected chi connectivity index (χ2v) is 13.4. The summed E-state index contributed by atoms with van der Waals surface area (Å²) >= 11 is 0. The Morgan fingerprint density at radius 2 is 1.20 bits per heavy atom. The molecule has 1 aliphatic heterocycles. The molecule has 0 saturated carbocycles. The second-order valence-electron chi connectivity index (χ2n) is 13.4. The van der Waals surface area contributed by atoms with Crippen molar-refractivity contribution in [3.05, 3.63) is 162 Å². The van der Waals surface area contributed by atoms with Crippen LogP contribution < -0.4 is 10.6 Å². The number of nitrogens with zero attached hydrogens (tertiary/aromatic N) is 1. The van der Waals surface area contributed by atoms with Gasteiger partial charge in [0, 0.05) is 21.9 Å². The zero-order chi connectivity index (χ0) is 30.6. The van der Waals surface area contributed by atoms with Crippen LogP contribution >= 0.6 is 0 Å². The van der Waals surface area contributed by atoms with Crippen molar-refractivity contribution >= 4 is 49.0 Å². The minimum Gasteiger partial charge on any atom is -0.352 e. The Balaban J connectivity index is 1.27.